The second kappa shape index (κ2) is 8.83. The summed E-state index contributed by atoms with van der Waals surface area (Å²) in [7, 11) is 0. The van der Waals surface area contributed by atoms with Gasteiger partial charge in [-0.2, -0.15) is 0 Å². The summed E-state index contributed by atoms with van der Waals surface area (Å²) in [5, 5.41) is 6.80. The average molecular weight is 473 g/mol. The number of H-pyrrole nitrogens is 1. The molecule has 2 N–H and O–H groups in total. The molecule has 0 aliphatic carbocycles. The standard InChI is InChI=1S/C25H20N4O2S2/c1-33-20-9-4-8-19-21(20)17(13-29(19)11-5-10-26-14-32)23-22(24(30)28-25(23)31)16-12-27-18-7-3-2-6-15(16)18/h2-4,6-9,12-13,27H,5,10-11H2,1H3,(H,28,30,31). The Labute approximate surface area is 199 Å². The van der Waals surface area contributed by atoms with Crippen LogP contribution < -0.4 is 5.32 Å². The van der Waals surface area contributed by atoms with E-state index in [4.69, 9.17) is 0 Å². The molecule has 0 unspecified atom stereocenters. The molecule has 0 radical (unpaired) electrons. The van der Waals surface area contributed by atoms with Crippen molar-refractivity contribution in [3.63, 3.8) is 0 Å². The molecule has 0 saturated carbocycles. The zero-order valence-corrected chi connectivity index (χ0v) is 19.5. The van der Waals surface area contributed by atoms with Crippen molar-refractivity contribution in [2.45, 2.75) is 17.9 Å². The van der Waals surface area contributed by atoms with Gasteiger partial charge in [0, 0.05) is 56.8 Å². The van der Waals surface area contributed by atoms with Crippen molar-refractivity contribution >= 4 is 73.9 Å². The topological polar surface area (TPSA) is 79.2 Å². The second-order valence-electron chi connectivity index (χ2n) is 7.70. The molecule has 1 aliphatic heterocycles. The highest BCUT2D eigenvalue weighted by molar-refractivity contribution is 7.98. The zero-order chi connectivity index (χ0) is 22.9. The molecule has 0 spiro atoms. The third kappa shape index (κ3) is 3.62. The maximum Gasteiger partial charge on any atom is 0.259 e. The van der Waals surface area contributed by atoms with Crippen LogP contribution in [0.25, 0.3) is 33.0 Å². The van der Waals surface area contributed by atoms with Crippen LogP contribution in [0.2, 0.25) is 0 Å². The molecule has 6 nitrogen and oxygen atoms in total. The van der Waals surface area contributed by atoms with E-state index in [1.165, 1.54) is 0 Å². The Morgan fingerprint density at radius 1 is 1.06 bits per heavy atom. The number of carbonyl (C=O) groups excluding carboxylic acids is 2. The lowest BCUT2D eigenvalue weighted by Gasteiger charge is -2.06. The number of fused-ring (bicyclic) bond motifs is 2. The van der Waals surface area contributed by atoms with Crippen LogP contribution >= 0.6 is 24.0 Å². The summed E-state index contributed by atoms with van der Waals surface area (Å²) in [6, 6.07) is 13.9. The minimum atomic E-state index is -0.377. The maximum absolute atomic E-state index is 13.1. The number of para-hydroxylation sites is 1. The molecule has 2 amide bonds. The molecule has 3 heterocycles. The molecule has 4 aromatic rings. The second-order valence-corrected chi connectivity index (χ2v) is 8.73. The Bertz CT molecular complexity index is 1510. The molecular formula is C25H20N4O2S2. The number of imide groups is 1. The molecular weight excluding hydrogens is 452 g/mol. The highest BCUT2D eigenvalue weighted by Crippen LogP contribution is 2.40. The highest BCUT2D eigenvalue weighted by Gasteiger charge is 2.35. The summed E-state index contributed by atoms with van der Waals surface area (Å²) < 4.78 is 2.12. The lowest BCUT2D eigenvalue weighted by molar-refractivity contribution is -0.122. The fraction of sp³-hybridized carbons (Fsp3) is 0.160. The van der Waals surface area contributed by atoms with Crippen molar-refractivity contribution in [2.75, 3.05) is 12.8 Å². The van der Waals surface area contributed by atoms with Gasteiger partial charge < -0.3 is 9.55 Å². The van der Waals surface area contributed by atoms with E-state index in [1.54, 1.807) is 18.0 Å². The Morgan fingerprint density at radius 2 is 1.85 bits per heavy atom. The number of rotatable bonds is 7. The van der Waals surface area contributed by atoms with Gasteiger partial charge in [-0.05, 0) is 43.1 Å². The number of benzene rings is 2. The van der Waals surface area contributed by atoms with Gasteiger partial charge in [0.25, 0.3) is 11.8 Å². The van der Waals surface area contributed by atoms with Gasteiger partial charge in [0.2, 0.25) is 0 Å². The number of aliphatic imine (C=N–C) groups is 1. The third-order valence-corrected chi connectivity index (χ3v) is 6.79. The van der Waals surface area contributed by atoms with Crippen LogP contribution in [-0.4, -0.2) is 39.3 Å². The number of thiocarbonyl (C=S) groups is 1. The number of amides is 2. The van der Waals surface area contributed by atoms with E-state index in [0.717, 1.165) is 44.2 Å². The molecule has 0 saturated heterocycles. The van der Waals surface area contributed by atoms with Gasteiger partial charge in [-0.1, -0.05) is 24.3 Å². The Hall–Kier alpha value is -3.45. The van der Waals surface area contributed by atoms with Crippen molar-refractivity contribution in [1.29, 1.82) is 0 Å². The number of aromatic amines is 1. The van der Waals surface area contributed by atoms with E-state index < -0.39 is 0 Å². The van der Waals surface area contributed by atoms with Crippen LogP contribution in [0.15, 0.2) is 64.7 Å². The number of nitrogens with one attached hydrogen (secondary N) is 2. The van der Waals surface area contributed by atoms with Gasteiger partial charge in [0.05, 0.1) is 22.9 Å². The number of aromatic nitrogens is 2. The molecule has 0 atom stereocenters. The Balaban J connectivity index is 1.76. The summed E-state index contributed by atoms with van der Waals surface area (Å²) in [6.07, 6.45) is 6.58. The lowest BCUT2D eigenvalue weighted by atomic mass is 9.95. The van der Waals surface area contributed by atoms with Crippen LogP contribution in [0.3, 0.4) is 0 Å². The van der Waals surface area contributed by atoms with Gasteiger partial charge in [0.1, 0.15) is 0 Å². The van der Waals surface area contributed by atoms with Crippen LogP contribution in [0.4, 0.5) is 0 Å². The summed E-state index contributed by atoms with van der Waals surface area (Å²) in [5.74, 6) is -0.752. The van der Waals surface area contributed by atoms with E-state index >= 15 is 0 Å². The zero-order valence-electron chi connectivity index (χ0n) is 17.8. The molecule has 5 rings (SSSR count). The Morgan fingerprint density at radius 3 is 2.64 bits per heavy atom. The third-order valence-electron chi connectivity index (χ3n) is 5.88. The van der Waals surface area contributed by atoms with E-state index in [-0.39, 0.29) is 11.8 Å². The van der Waals surface area contributed by atoms with Gasteiger partial charge in [-0.15, -0.1) is 11.8 Å². The van der Waals surface area contributed by atoms with Crippen molar-refractivity contribution in [3.8, 4) is 0 Å². The molecule has 33 heavy (non-hydrogen) atoms. The predicted octanol–water partition coefficient (Wildman–Crippen LogP) is 4.90. The SMILES string of the molecule is CSc1cccc2c1c(C1=C(c3c[nH]c4ccccc34)C(=O)NC1=O)cn2CCCN=C=S. The Kier molecular flexibility index (Phi) is 5.72. The van der Waals surface area contributed by atoms with E-state index in [9.17, 15) is 9.59 Å². The molecule has 8 heteroatoms. The fourth-order valence-corrected chi connectivity index (χ4v) is 5.20. The first kappa shape index (κ1) is 21.4. The molecule has 1 aliphatic rings. The van der Waals surface area contributed by atoms with Crippen molar-refractivity contribution in [3.05, 3.63) is 66.0 Å². The first-order valence-electron chi connectivity index (χ1n) is 10.5. The number of carbonyl (C=O) groups is 2. The quantitative estimate of drug-likeness (QED) is 0.132. The molecule has 164 valence electrons. The monoisotopic (exact) mass is 472 g/mol. The van der Waals surface area contributed by atoms with E-state index in [0.29, 0.717) is 24.2 Å². The van der Waals surface area contributed by atoms with Crippen LogP contribution in [0, 0.1) is 0 Å². The number of isothiocyanates is 1. The number of aryl methyl sites for hydroxylation is 1. The van der Waals surface area contributed by atoms with Gasteiger partial charge in [-0.25, -0.2) is 4.99 Å². The van der Waals surface area contributed by atoms with Crippen LogP contribution in [0.1, 0.15) is 17.5 Å². The summed E-state index contributed by atoms with van der Waals surface area (Å²) in [5.41, 5.74) is 4.22. The molecule has 2 aromatic heterocycles. The van der Waals surface area contributed by atoms with Gasteiger partial charge in [0.15, 0.2) is 0 Å². The largest absolute Gasteiger partial charge is 0.361 e. The van der Waals surface area contributed by atoms with Crippen molar-refractivity contribution in [2.24, 2.45) is 4.99 Å². The van der Waals surface area contributed by atoms with Crippen molar-refractivity contribution < 1.29 is 9.59 Å². The van der Waals surface area contributed by atoms with Gasteiger partial charge >= 0.3 is 0 Å². The van der Waals surface area contributed by atoms with Crippen molar-refractivity contribution in [1.82, 2.24) is 14.9 Å². The summed E-state index contributed by atoms with van der Waals surface area (Å²) >= 11 is 6.29. The molecule has 0 bridgehead atoms. The highest BCUT2D eigenvalue weighted by atomic mass is 32.2. The number of thioether (sulfide) groups is 1. The molecule has 2 aromatic carbocycles. The minimum Gasteiger partial charge on any atom is -0.361 e. The number of hydrogen-bond donors (Lipinski definition) is 2. The van der Waals surface area contributed by atoms with Gasteiger partial charge in [-0.3, -0.25) is 14.9 Å². The van der Waals surface area contributed by atoms with E-state index in [1.807, 2.05) is 54.9 Å². The first-order valence-corrected chi connectivity index (χ1v) is 12.1. The summed E-state index contributed by atoms with van der Waals surface area (Å²) in [4.78, 5) is 34.4. The maximum atomic E-state index is 13.1. The minimum absolute atomic E-state index is 0.374. The fourth-order valence-electron chi connectivity index (χ4n) is 4.48. The molecule has 0 fully saturated rings. The summed E-state index contributed by atoms with van der Waals surface area (Å²) in [6.45, 7) is 1.29. The van der Waals surface area contributed by atoms with Crippen LogP contribution in [-0.2, 0) is 16.1 Å². The first-order chi connectivity index (χ1) is 16.1. The van der Waals surface area contributed by atoms with Crippen LogP contribution in [0.5, 0.6) is 0 Å². The number of hydrogen-bond acceptors (Lipinski definition) is 5. The lowest BCUT2D eigenvalue weighted by Crippen LogP contribution is -2.22. The normalized spacial score (nSPS) is 13.7. The smallest absolute Gasteiger partial charge is 0.259 e. The van der Waals surface area contributed by atoms with E-state index in [2.05, 4.69) is 37.2 Å². The average Bonchev–Trinajstić information content (AvgIpc) is 3.49. The predicted molar refractivity (Wildman–Crippen MR) is 136 cm³/mol. The number of nitrogens with zero attached hydrogens (tertiary/aromatic N) is 2.